The normalized spacial score (nSPS) is 11.3. The molecule has 2 rings (SSSR count). The molecule has 0 N–H and O–H groups in total. The van der Waals surface area contributed by atoms with Gasteiger partial charge in [0, 0.05) is 18.0 Å². The Kier molecular flexibility index (Phi) is 19.9. The quantitative estimate of drug-likeness (QED) is 0.122. The maximum Gasteiger partial charge on any atom is 0.159 e. The van der Waals surface area contributed by atoms with E-state index >= 15 is 0 Å². The van der Waals surface area contributed by atoms with E-state index in [9.17, 15) is 0 Å². The average Bonchev–Trinajstić information content (AvgIpc) is 2.95. The smallest absolute Gasteiger partial charge is 0.159 e. The molecule has 1 aromatic carbocycles. The SMILES string of the molecule is CCCCCCCCCCCCCCc1cnc(-c2ccc(CCCCCCCCCCCC)cc2)nc1. The molecular weight excluding hydrogens is 460 g/mol. The van der Waals surface area contributed by atoms with Gasteiger partial charge in [0.1, 0.15) is 0 Å². The first-order valence-corrected chi connectivity index (χ1v) is 16.7. The molecule has 0 aliphatic heterocycles. The second-order valence-corrected chi connectivity index (χ2v) is 11.7. The third kappa shape index (κ3) is 16.3. The molecule has 1 heterocycles. The molecule has 2 aromatic rings. The first-order chi connectivity index (χ1) is 18.8. The van der Waals surface area contributed by atoms with Crippen molar-refractivity contribution in [2.24, 2.45) is 0 Å². The lowest BCUT2D eigenvalue weighted by Gasteiger charge is -2.06. The van der Waals surface area contributed by atoms with Crippen LogP contribution >= 0.6 is 0 Å². The summed E-state index contributed by atoms with van der Waals surface area (Å²) in [6, 6.07) is 8.94. The van der Waals surface area contributed by atoms with E-state index < -0.39 is 0 Å². The fourth-order valence-corrected chi connectivity index (χ4v) is 5.44. The van der Waals surface area contributed by atoms with Gasteiger partial charge >= 0.3 is 0 Å². The summed E-state index contributed by atoms with van der Waals surface area (Å²) in [5.41, 5.74) is 3.85. The lowest BCUT2D eigenvalue weighted by molar-refractivity contribution is 0.544. The van der Waals surface area contributed by atoms with Crippen molar-refractivity contribution in [2.75, 3.05) is 0 Å². The molecule has 0 saturated carbocycles. The minimum atomic E-state index is 0.855. The predicted octanol–water partition coefficient (Wildman–Crippen LogP) is 11.9. The molecule has 2 nitrogen and oxygen atoms in total. The molecule has 0 spiro atoms. The zero-order chi connectivity index (χ0) is 26.9. The zero-order valence-corrected chi connectivity index (χ0v) is 25.3. The lowest BCUT2D eigenvalue weighted by atomic mass is 10.0. The fourth-order valence-electron chi connectivity index (χ4n) is 5.44. The summed E-state index contributed by atoms with van der Waals surface area (Å²) in [5, 5.41) is 0. The minimum Gasteiger partial charge on any atom is -0.236 e. The van der Waals surface area contributed by atoms with Gasteiger partial charge in [0.2, 0.25) is 0 Å². The Bertz CT molecular complexity index is 765. The highest BCUT2D eigenvalue weighted by atomic mass is 14.9. The third-order valence-electron chi connectivity index (χ3n) is 8.06. The fraction of sp³-hybridized carbons (Fsp3) is 0.722. The van der Waals surface area contributed by atoms with Gasteiger partial charge in [0.05, 0.1) is 0 Å². The average molecular weight is 521 g/mol. The van der Waals surface area contributed by atoms with E-state index in [1.807, 2.05) is 12.4 Å². The Morgan fingerprint density at radius 2 is 0.737 bits per heavy atom. The van der Waals surface area contributed by atoms with Crippen LogP contribution < -0.4 is 0 Å². The van der Waals surface area contributed by atoms with Crippen LogP contribution in [-0.4, -0.2) is 9.97 Å². The van der Waals surface area contributed by atoms with E-state index in [0.29, 0.717) is 0 Å². The molecule has 0 unspecified atom stereocenters. The molecule has 0 bridgehead atoms. The van der Waals surface area contributed by atoms with Crippen molar-refractivity contribution in [1.82, 2.24) is 9.97 Å². The maximum atomic E-state index is 4.67. The third-order valence-corrected chi connectivity index (χ3v) is 8.06. The highest BCUT2D eigenvalue weighted by molar-refractivity contribution is 5.55. The van der Waals surface area contributed by atoms with Crippen LogP contribution in [-0.2, 0) is 12.8 Å². The number of aryl methyl sites for hydroxylation is 2. The summed E-state index contributed by atoms with van der Waals surface area (Å²) in [4.78, 5) is 9.34. The van der Waals surface area contributed by atoms with Crippen LogP contribution in [0.1, 0.15) is 166 Å². The molecule has 1 aromatic heterocycles. The van der Waals surface area contributed by atoms with Crippen molar-refractivity contribution >= 4 is 0 Å². The first kappa shape index (κ1) is 32.5. The predicted molar refractivity (Wildman–Crippen MR) is 168 cm³/mol. The molecule has 0 atom stereocenters. The summed E-state index contributed by atoms with van der Waals surface area (Å²) in [6.07, 6.45) is 37.1. The van der Waals surface area contributed by atoms with E-state index in [0.717, 1.165) is 17.8 Å². The van der Waals surface area contributed by atoms with Crippen LogP contribution in [0.15, 0.2) is 36.7 Å². The van der Waals surface area contributed by atoms with Gasteiger partial charge in [0.15, 0.2) is 5.82 Å². The minimum absolute atomic E-state index is 0.855. The van der Waals surface area contributed by atoms with Gasteiger partial charge in [-0.2, -0.15) is 0 Å². The topological polar surface area (TPSA) is 25.8 Å². The number of hydrogen-bond acceptors (Lipinski definition) is 2. The largest absolute Gasteiger partial charge is 0.236 e. The summed E-state index contributed by atoms with van der Waals surface area (Å²) < 4.78 is 0. The van der Waals surface area contributed by atoms with E-state index in [1.165, 1.54) is 159 Å². The molecule has 2 heteroatoms. The van der Waals surface area contributed by atoms with Gasteiger partial charge in [-0.3, -0.25) is 0 Å². The van der Waals surface area contributed by atoms with Crippen molar-refractivity contribution in [2.45, 2.75) is 168 Å². The Morgan fingerprint density at radius 3 is 1.13 bits per heavy atom. The molecule has 0 saturated heterocycles. The Balaban J connectivity index is 1.50. The molecular formula is C36H60N2. The van der Waals surface area contributed by atoms with E-state index in [4.69, 9.17) is 0 Å². The Labute approximate surface area is 236 Å². The lowest BCUT2D eigenvalue weighted by Crippen LogP contribution is -1.94. The van der Waals surface area contributed by atoms with Crippen LogP contribution in [0, 0.1) is 0 Å². The van der Waals surface area contributed by atoms with Crippen LogP contribution in [0.4, 0.5) is 0 Å². The number of hydrogen-bond donors (Lipinski definition) is 0. The Hall–Kier alpha value is -1.70. The maximum absolute atomic E-state index is 4.67. The van der Waals surface area contributed by atoms with Crippen LogP contribution in [0.2, 0.25) is 0 Å². The molecule has 0 fully saturated rings. The molecule has 0 aliphatic carbocycles. The number of unbranched alkanes of at least 4 members (excludes halogenated alkanes) is 20. The molecule has 0 aliphatic rings. The molecule has 38 heavy (non-hydrogen) atoms. The van der Waals surface area contributed by atoms with Crippen LogP contribution in [0.25, 0.3) is 11.4 Å². The molecule has 0 radical (unpaired) electrons. The summed E-state index contributed by atoms with van der Waals surface area (Å²) in [6.45, 7) is 4.58. The summed E-state index contributed by atoms with van der Waals surface area (Å²) >= 11 is 0. The van der Waals surface area contributed by atoms with Gasteiger partial charge in [-0.25, -0.2) is 9.97 Å². The van der Waals surface area contributed by atoms with E-state index in [1.54, 1.807) is 0 Å². The summed E-state index contributed by atoms with van der Waals surface area (Å²) in [5.74, 6) is 0.855. The van der Waals surface area contributed by atoms with Gasteiger partial charge in [0.25, 0.3) is 0 Å². The Morgan fingerprint density at radius 1 is 0.395 bits per heavy atom. The van der Waals surface area contributed by atoms with E-state index in [2.05, 4.69) is 48.1 Å². The van der Waals surface area contributed by atoms with Gasteiger partial charge in [-0.1, -0.05) is 167 Å². The van der Waals surface area contributed by atoms with Crippen LogP contribution in [0.3, 0.4) is 0 Å². The van der Waals surface area contributed by atoms with Gasteiger partial charge in [-0.05, 0) is 36.8 Å². The highest BCUT2D eigenvalue weighted by Crippen LogP contribution is 2.18. The van der Waals surface area contributed by atoms with Gasteiger partial charge in [-0.15, -0.1) is 0 Å². The number of benzene rings is 1. The molecule has 0 amide bonds. The first-order valence-electron chi connectivity index (χ1n) is 16.7. The molecule has 214 valence electrons. The van der Waals surface area contributed by atoms with Crippen molar-refractivity contribution in [3.63, 3.8) is 0 Å². The van der Waals surface area contributed by atoms with Crippen LogP contribution in [0.5, 0.6) is 0 Å². The number of rotatable bonds is 25. The zero-order valence-electron chi connectivity index (χ0n) is 25.3. The highest BCUT2D eigenvalue weighted by Gasteiger charge is 2.03. The second-order valence-electron chi connectivity index (χ2n) is 11.7. The van der Waals surface area contributed by atoms with Crippen molar-refractivity contribution in [1.29, 1.82) is 0 Å². The summed E-state index contributed by atoms with van der Waals surface area (Å²) in [7, 11) is 0. The number of nitrogens with zero attached hydrogens (tertiary/aromatic N) is 2. The standard InChI is InChI=1S/C36H60N2/c1-3-5-7-9-11-13-15-16-18-20-22-24-26-34-31-37-36(38-32-34)35-29-27-33(28-30-35)25-23-21-19-17-14-12-10-8-6-4-2/h27-32H,3-26H2,1-2H3. The van der Waals surface area contributed by atoms with Crippen molar-refractivity contribution < 1.29 is 0 Å². The van der Waals surface area contributed by atoms with E-state index in [-0.39, 0.29) is 0 Å². The monoisotopic (exact) mass is 520 g/mol. The van der Waals surface area contributed by atoms with Gasteiger partial charge < -0.3 is 0 Å². The second kappa shape index (κ2) is 23.2. The van der Waals surface area contributed by atoms with Crippen molar-refractivity contribution in [3.8, 4) is 11.4 Å². The number of aromatic nitrogens is 2. The van der Waals surface area contributed by atoms with Crippen molar-refractivity contribution in [3.05, 3.63) is 47.8 Å².